The molecule has 0 spiro atoms. The molecule has 0 aromatic heterocycles. The van der Waals surface area contributed by atoms with Crippen LogP contribution in [0.15, 0.2) is 29.2 Å². The van der Waals surface area contributed by atoms with Crippen molar-refractivity contribution < 1.29 is 13.2 Å². The first-order valence-electron chi connectivity index (χ1n) is 6.45. The van der Waals surface area contributed by atoms with Gasteiger partial charge in [-0.25, -0.2) is 13.1 Å². The molecule has 0 aliphatic rings. The van der Waals surface area contributed by atoms with Crippen LogP contribution in [0.4, 0.5) is 0 Å². The van der Waals surface area contributed by atoms with E-state index in [4.69, 9.17) is 10.5 Å². The molecule has 0 unspecified atom stereocenters. The second-order valence-corrected chi connectivity index (χ2v) is 6.31. The molecule has 0 bridgehead atoms. The van der Waals surface area contributed by atoms with Gasteiger partial charge in [-0.3, -0.25) is 0 Å². The van der Waals surface area contributed by atoms with Crippen LogP contribution < -0.4 is 10.5 Å². The van der Waals surface area contributed by atoms with Gasteiger partial charge in [0.1, 0.15) is 0 Å². The van der Waals surface area contributed by atoms with Gasteiger partial charge in [-0.1, -0.05) is 12.1 Å². The van der Waals surface area contributed by atoms with Crippen LogP contribution in [0, 0.1) is 0 Å². The van der Waals surface area contributed by atoms with Gasteiger partial charge in [0.15, 0.2) is 0 Å². The van der Waals surface area contributed by atoms with Gasteiger partial charge in [-0.05, 0) is 24.7 Å². The SMILES string of the molecule is COCCN(C)CCNS(=O)(=O)c1cccc(CN)c1. The average molecular weight is 301 g/mol. The minimum atomic E-state index is -3.47. The lowest BCUT2D eigenvalue weighted by Crippen LogP contribution is -2.34. The van der Waals surface area contributed by atoms with Crippen molar-refractivity contribution in [2.45, 2.75) is 11.4 Å². The van der Waals surface area contributed by atoms with E-state index in [2.05, 4.69) is 4.72 Å². The Bertz CT molecular complexity index is 505. The van der Waals surface area contributed by atoms with Gasteiger partial charge in [-0.15, -0.1) is 0 Å². The summed E-state index contributed by atoms with van der Waals surface area (Å²) in [6.45, 7) is 2.69. The van der Waals surface area contributed by atoms with E-state index >= 15 is 0 Å². The van der Waals surface area contributed by atoms with Crippen molar-refractivity contribution in [3.8, 4) is 0 Å². The Balaban J connectivity index is 2.53. The number of methoxy groups -OCH3 is 1. The predicted octanol–water partition coefficient (Wildman–Crippen LogP) is 0.00180. The van der Waals surface area contributed by atoms with Gasteiger partial charge in [0.25, 0.3) is 0 Å². The molecule has 0 aliphatic heterocycles. The van der Waals surface area contributed by atoms with E-state index in [0.29, 0.717) is 26.2 Å². The minimum Gasteiger partial charge on any atom is -0.383 e. The molecular weight excluding hydrogens is 278 g/mol. The van der Waals surface area contributed by atoms with Crippen molar-refractivity contribution in [1.29, 1.82) is 0 Å². The normalized spacial score (nSPS) is 12.0. The Hall–Kier alpha value is -0.990. The summed E-state index contributed by atoms with van der Waals surface area (Å²) in [5, 5.41) is 0. The number of ether oxygens (including phenoxy) is 1. The monoisotopic (exact) mass is 301 g/mol. The molecule has 0 aliphatic carbocycles. The number of rotatable bonds is 9. The largest absolute Gasteiger partial charge is 0.383 e. The van der Waals surface area contributed by atoms with Gasteiger partial charge in [-0.2, -0.15) is 0 Å². The highest BCUT2D eigenvalue weighted by atomic mass is 32.2. The maximum atomic E-state index is 12.1. The van der Waals surface area contributed by atoms with Crippen molar-refractivity contribution in [2.24, 2.45) is 5.73 Å². The van der Waals surface area contributed by atoms with Crippen molar-refractivity contribution >= 4 is 10.0 Å². The molecule has 0 fully saturated rings. The zero-order valence-electron chi connectivity index (χ0n) is 12.0. The number of likely N-dealkylation sites (N-methyl/N-ethyl adjacent to an activating group) is 1. The number of nitrogens with one attached hydrogen (secondary N) is 1. The molecule has 0 saturated carbocycles. The van der Waals surface area contributed by atoms with Crippen LogP contribution in [0.1, 0.15) is 5.56 Å². The molecule has 6 nitrogen and oxygen atoms in total. The van der Waals surface area contributed by atoms with Crippen LogP contribution >= 0.6 is 0 Å². The van der Waals surface area contributed by atoms with Crippen LogP contribution in [-0.4, -0.2) is 53.7 Å². The standard InChI is InChI=1S/C13H23N3O3S/c1-16(8-9-19-2)7-6-15-20(17,18)13-5-3-4-12(10-13)11-14/h3-5,10,15H,6-9,11,14H2,1-2H3. The number of hydrogen-bond donors (Lipinski definition) is 2. The van der Waals surface area contributed by atoms with Crippen LogP contribution in [-0.2, 0) is 21.3 Å². The van der Waals surface area contributed by atoms with Crippen LogP contribution in [0.25, 0.3) is 0 Å². The van der Waals surface area contributed by atoms with E-state index in [1.54, 1.807) is 31.4 Å². The summed E-state index contributed by atoms with van der Waals surface area (Å²) in [6, 6.07) is 6.66. The molecule has 1 rings (SSSR count). The molecule has 0 amide bonds. The fourth-order valence-electron chi connectivity index (χ4n) is 1.65. The first kappa shape index (κ1) is 17.1. The molecule has 114 valence electrons. The molecule has 0 heterocycles. The third-order valence-electron chi connectivity index (χ3n) is 2.91. The van der Waals surface area contributed by atoms with Crippen LogP contribution in [0.5, 0.6) is 0 Å². The molecule has 3 N–H and O–H groups in total. The summed E-state index contributed by atoms with van der Waals surface area (Å²) in [5.41, 5.74) is 6.31. The van der Waals surface area contributed by atoms with E-state index in [1.165, 1.54) is 0 Å². The van der Waals surface area contributed by atoms with Gasteiger partial charge < -0.3 is 15.4 Å². The molecule has 0 radical (unpaired) electrons. The lowest BCUT2D eigenvalue weighted by atomic mass is 10.2. The van der Waals surface area contributed by atoms with E-state index in [1.807, 2.05) is 11.9 Å². The van der Waals surface area contributed by atoms with Crippen molar-refractivity contribution in [3.05, 3.63) is 29.8 Å². The highest BCUT2D eigenvalue weighted by Gasteiger charge is 2.13. The fraction of sp³-hybridized carbons (Fsp3) is 0.538. The van der Waals surface area contributed by atoms with E-state index in [9.17, 15) is 8.42 Å². The zero-order valence-corrected chi connectivity index (χ0v) is 12.8. The number of nitrogens with two attached hydrogens (primary N) is 1. The fourth-order valence-corrected chi connectivity index (χ4v) is 2.74. The number of benzene rings is 1. The quantitative estimate of drug-likeness (QED) is 0.671. The Labute approximate surface area is 121 Å². The second-order valence-electron chi connectivity index (χ2n) is 4.55. The third-order valence-corrected chi connectivity index (χ3v) is 4.37. The summed E-state index contributed by atoms with van der Waals surface area (Å²) >= 11 is 0. The maximum absolute atomic E-state index is 12.1. The Morgan fingerprint density at radius 1 is 1.35 bits per heavy atom. The van der Waals surface area contributed by atoms with Crippen molar-refractivity contribution in [3.63, 3.8) is 0 Å². The first-order chi connectivity index (χ1) is 9.49. The summed E-state index contributed by atoms with van der Waals surface area (Å²) in [7, 11) is 0.0864. The van der Waals surface area contributed by atoms with Crippen molar-refractivity contribution in [1.82, 2.24) is 9.62 Å². The molecule has 1 aromatic carbocycles. The van der Waals surface area contributed by atoms with Crippen LogP contribution in [0.3, 0.4) is 0 Å². The lowest BCUT2D eigenvalue weighted by molar-refractivity contribution is 0.162. The molecule has 20 heavy (non-hydrogen) atoms. The molecule has 7 heteroatoms. The lowest BCUT2D eigenvalue weighted by Gasteiger charge is -2.16. The number of hydrogen-bond acceptors (Lipinski definition) is 5. The van der Waals surface area contributed by atoms with E-state index in [0.717, 1.165) is 12.1 Å². The summed E-state index contributed by atoms with van der Waals surface area (Å²) in [5.74, 6) is 0. The minimum absolute atomic E-state index is 0.250. The third kappa shape index (κ3) is 5.56. The Morgan fingerprint density at radius 3 is 2.75 bits per heavy atom. The van der Waals surface area contributed by atoms with Gasteiger partial charge >= 0.3 is 0 Å². The van der Waals surface area contributed by atoms with Gasteiger partial charge in [0.05, 0.1) is 11.5 Å². The molecule has 0 saturated heterocycles. The first-order valence-corrected chi connectivity index (χ1v) is 7.94. The Kier molecular flexibility index (Phi) is 7.11. The predicted molar refractivity (Wildman–Crippen MR) is 78.9 cm³/mol. The van der Waals surface area contributed by atoms with E-state index in [-0.39, 0.29) is 4.90 Å². The highest BCUT2D eigenvalue weighted by Crippen LogP contribution is 2.10. The zero-order chi connectivity index (χ0) is 15.0. The van der Waals surface area contributed by atoms with E-state index < -0.39 is 10.0 Å². The van der Waals surface area contributed by atoms with Gasteiger partial charge in [0, 0.05) is 33.3 Å². The summed E-state index contributed by atoms with van der Waals surface area (Å²) < 4.78 is 31.7. The summed E-state index contributed by atoms with van der Waals surface area (Å²) in [6.07, 6.45) is 0. The Morgan fingerprint density at radius 2 is 2.10 bits per heavy atom. The van der Waals surface area contributed by atoms with Crippen LogP contribution in [0.2, 0.25) is 0 Å². The molecular formula is C13H23N3O3S. The highest BCUT2D eigenvalue weighted by molar-refractivity contribution is 7.89. The van der Waals surface area contributed by atoms with Gasteiger partial charge in [0.2, 0.25) is 10.0 Å². The second kappa shape index (κ2) is 8.33. The molecule has 1 aromatic rings. The topological polar surface area (TPSA) is 84.7 Å². The number of nitrogens with zero attached hydrogens (tertiary/aromatic N) is 1. The average Bonchev–Trinajstić information content (AvgIpc) is 2.45. The molecule has 0 atom stereocenters. The summed E-state index contributed by atoms with van der Waals surface area (Å²) in [4.78, 5) is 2.25. The number of sulfonamides is 1. The maximum Gasteiger partial charge on any atom is 0.240 e. The van der Waals surface area contributed by atoms with Crippen molar-refractivity contribution in [2.75, 3.05) is 40.4 Å². The smallest absolute Gasteiger partial charge is 0.240 e.